The van der Waals surface area contributed by atoms with Gasteiger partial charge in [0, 0.05) is 50.7 Å². The zero-order chi connectivity index (χ0) is 20.9. The van der Waals surface area contributed by atoms with E-state index in [-0.39, 0.29) is 0 Å². The fraction of sp³-hybridized carbons (Fsp3) is 0.458. The lowest BCUT2D eigenvalue weighted by Gasteiger charge is -2.38. The maximum absolute atomic E-state index is 6.14. The van der Waals surface area contributed by atoms with Crippen LogP contribution in [-0.2, 0) is 6.54 Å². The summed E-state index contributed by atoms with van der Waals surface area (Å²) in [6, 6.07) is 16.7. The van der Waals surface area contributed by atoms with Gasteiger partial charge in [-0.15, -0.1) is 0 Å². The number of aromatic nitrogens is 1. The second-order valence-corrected chi connectivity index (χ2v) is 8.33. The molecule has 2 unspecified atom stereocenters. The molecule has 3 aromatic rings. The van der Waals surface area contributed by atoms with Gasteiger partial charge in [-0.3, -0.25) is 4.90 Å². The van der Waals surface area contributed by atoms with Crippen LogP contribution in [0, 0.1) is 5.92 Å². The molecule has 2 heterocycles. The molecule has 1 aliphatic rings. The van der Waals surface area contributed by atoms with Crippen molar-refractivity contribution < 1.29 is 9.26 Å². The minimum absolute atomic E-state index is 0.507. The Morgan fingerprint density at radius 2 is 1.97 bits per heavy atom. The van der Waals surface area contributed by atoms with Crippen molar-refractivity contribution in [3.05, 3.63) is 54.1 Å². The van der Waals surface area contributed by atoms with Crippen molar-refractivity contribution in [2.45, 2.75) is 32.4 Å². The molecule has 0 saturated carbocycles. The number of likely N-dealkylation sites (N-methyl/N-ethyl adjacent to an activating group) is 1. The van der Waals surface area contributed by atoms with Crippen molar-refractivity contribution in [3.8, 4) is 5.75 Å². The van der Waals surface area contributed by atoms with Crippen LogP contribution in [0.2, 0.25) is 0 Å². The molecule has 6 nitrogen and oxygen atoms in total. The molecule has 2 N–H and O–H groups in total. The highest BCUT2D eigenvalue weighted by atomic mass is 16.5. The van der Waals surface area contributed by atoms with Crippen molar-refractivity contribution >= 4 is 16.8 Å². The van der Waals surface area contributed by atoms with Crippen molar-refractivity contribution in [2.24, 2.45) is 11.7 Å². The number of hydrogen-bond donors (Lipinski definition) is 1. The van der Waals surface area contributed by atoms with E-state index in [0.717, 1.165) is 54.3 Å². The molecule has 1 aromatic heterocycles. The predicted molar refractivity (Wildman–Crippen MR) is 121 cm³/mol. The number of ether oxygens (including phenoxy) is 1. The van der Waals surface area contributed by atoms with Crippen LogP contribution in [0.25, 0.3) is 11.0 Å². The van der Waals surface area contributed by atoms with Crippen LogP contribution in [0.5, 0.6) is 5.75 Å². The molecule has 1 fully saturated rings. The highest BCUT2D eigenvalue weighted by molar-refractivity contribution is 5.88. The average molecular weight is 409 g/mol. The number of hydrogen-bond acceptors (Lipinski definition) is 6. The monoisotopic (exact) mass is 408 g/mol. The van der Waals surface area contributed by atoms with Crippen molar-refractivity contribution in [1.82, 2.24) is 10.1 Å². The van der Waals surface area contributed by atoms with Crippen LogP contribution in [0.15, 0.2) is 53.1 Å². The third-order valence-electron chi connectivity index (χ3n) is 6.22. The second-order valence-electron chi connectivity index (χ2n) is 8.33. The fourth-order valence-corrected chi connectivity index (χ4v) is 4.26. The lowest BCUT2D eigenvalue weighted by Crippen LogP contribution is -2.46. The number of para-hydroxylation sites is 2. The van der Waals surface area contributed by atoms with Gasteiger partial charge in [0.2, 0.25) is 0 Å². The highest BCUT2D eigenvalue weighted by Gasteiger charge is 2.26. The third-order valence-corrected chi connectivity index (χ3v) is 6.22. The van der Waals surface area contributed by atoms with Gasteiger partial charge in [0.05, 0.1) is 12.0 Å². The molecule has 160 valence electrons. The van der Waals surface area contributed by atoms with Crippen LogP contribution in [0.3, 0.4) is 0 Å². The van der Waals surface area contributed by atoms with E-state index in [2.05, 4.69) is 35.0 Å². The molecular weight excluding hydrogens is 376 g/mol. The van der Waals surface area contributed by atoms with Crippen LogP contribution in [-0.4, -0.2) is 49.4 Å². The van der Waals surface area contributed by atoms with Crippen LogP contribution in [0.4, 0.5) is 5.82 Å². The number of likely N-dealkylation sites (tertiary alicyclic amines) is 1. The molecule has 2 atom stereocenters. The lowest BCUT2D eigenvalue weighted by molar-refractivity contribution is 0.0916. The zero-order valence-corrected chi connectivity index (χ0v) is 18.0. The first-order chi connectivity index (χ1) is 14.7. The summed E-state index contributed by atoms with van der Waals surface area (Å²) in [4.78, 5) is 4.77. The number of nitrogens with zero attached hydrogens (tertiary/aromatic N) is 3. The van der Waals surface area contributed by atoms with Gasteiger partial charge in [0.15, 0.2) is 11.4 Å². The molecule has 0 radical (unpaired) electrons. The molecule has 4 rings (SSSR count). The second kappa shape index (κ2) is 9.49. The number of benzene rings is 2. The van der Waals surface area contributed by atoms with Gasteiger partial charge in [0.1, 0.15) is 5.75 Å². The standard InChI is InChI=1S/C24H32N4O2/c1-18-11-12-19(17-29-22-9-5-3-7-20(22)15-25)16-28(18)14-13-27(2)24-21-8-4-6-10-23(21)30-26-24/h3-10,18-19H,11-17,25H2,1-2H3. The number of rotatable bonds is 8. The average Bonchev–Trinajstić information content (AvgIpc) is 3.22. The van der Waals surface area contributed by atoms with E-state index < -0.39 is 0 Å². The minimum atomic E-state index is 0.507. The highest BCUT2D eigenvalue weighted by Crippen LogP contribution is 2.27. The summed E-state index contributed by atoms with van der Waals surface area (Å²) < 4.78 is 11.6. The summed E-state index contributed by atoms with van der Waals surface area (Å²) in [5.74, 6) is 2.36. The topological polar surface area (TPSA) is 67.8 Å². The van der Waals surface area contributed by atoms with Crippen molar-refractivity contribution in [1.29, 1.82) is 0 Å². The van der Waals surface area contributed by atoms with E-state index in [1.54, 1.807) is 0 Å². The zero-order valence-electron chi connectivity index (χ0n) is 18.0. The van der Waals surface area contributed by atoms with Crippen LogP contribution in [0.1, 0.15) is 25.3 Å². The molecule has 6 heteroatoms. The first-order valence-electron chi connectivity index (χ1n) is 10.9. The first-order valence-corrected chi connectivity index (χ1v) is 10.9. The van der Waals surface area contributed by atoms with E-state index in [4.69, 9.17) is 15.0 Å². The number of nitrogens with two attached hydrogens (primary N) is 1. The van der Waals surface area contributed by atoms with E-state index in [1.807, 2.05) is 42.5 Å². The van der Waals surface area contributed by atoms with Gasteiger partial charge in [0.25, 0.3) is 0 Å². The third kappa shape index (κ3) is 4.60. The summed E-state index contributed by atoms with van der Waals surface area (Å²) in [7, 11) is 2.09. The maximum Gasteiger partial charge on any atom is 0.179 e. The van der Waals surface area contributed by atoms with E-state index >= 15 is 0 Å². The minimum Gasteiger partial charge on any atom is -0.493 e. The maximum atomic E-state index is 6.14. The molecule has 30 heavy (non-hydrogen) atoms. The Kier molecular flexibility index (Phi) is 6.55. The summed E-state index contributed by atoms with van der Waals surface area (Å²) >= 11 is 0. The molecule has 0 bridgehead atoms. The Balaban J connectivity index is 1.32. The van der Waals surface area contributed by atoms with Gasteiger partial charge in [-0.2, -0.15) is 0 Å². The smallest absolute Gasteiger partial charge is 0.179 e. The number of piperidine rings is 1. The van der Waals surface area contributed by atoms with Crippen molar-refractivity contribution in [2.75, 3.05) is 38.2 Å². The van der Waals surface area contributed by atoms with Gasteiger partial charge >= 0.3 is 0 Å². The van der Waals surface area contributed by atoms with E-state index in [0.29, 0.717) is 18.5 Å². The Bertz CT molecular complexity index is 957. The molecule has 0 spiro atoms. The van der Waals surface area contributed by atoms with Gasteiger partial charge in [-0.05, 0) is 38.0 Å². The Labute approximate surface area is 178 Å². The van der Waals surface area contributed by atoms with Crippen molar-refractivity contribution in [3.63, 3.8) is 0 Å². The Hall–Kier alpha value is -2.57. The van der Waals surface area contributed by atoms with Gasteiger partial charge in [-0.25, -0.2) is 0 Å². The fourth-order valence-electron chi connectivity index (χ4n) is 4.26. The van der Waals surface area contributed by atoms with Gasteiger partial charge < -0.3 is 19.9 Å². The van der Waals surface area contributed by atoms with Gasteiger partial charge in [-0.1, -0.05) is 35.5 Å². The van der Waals surface area contributed by atoms with E-state index in [1.165, 1.54) is 12.8 Å². The normalized spacial score (nSPS) is 19.8. The quantitative estimate of drug-likeness (QED) is 0.610. The molecule has 1 saturated heterocycles. The largest absolute Gasteiger partial charge is 0.493 e. The summed E-state index contributed by atoms with van der Waals surface area (Å²) in [6.45, 7) is 6.53. The number of fused-ring (bicyclic) bond motifs is 1. The SMILES string of the molecule is CC1CCC(COc2ccccc2CN)CN1CCN(C)c1noc2ccccc12. The molecule has 0 amide bonds. The predicted octanol–water partition coefficient (Wildman–Crippen LogP) is 3.90. The Morgan fingerprint density at radius 3 is 2.83 bits per heavy atom. The van der Waals surface area contributed by atoms with Crippen LogP contribution < -0.4 is 15.4 Å². The summed E-state index contributed by atoms with van der Waals surface area (Å²) in [5.41, 5.74) is 7.74. The lowest BCUT2D eigenvalue weighted by atomic mass is 9.94. The molecular formula is C24H32N4O2. The molecule has 0 aliphatic carbocycles. The summed E-state index contributed by atoms with van der Waals surface area (Å²) in [5, 5.41) is 5.34. The Morgan fingerprint density at radius 1 is 1.17 bits per heavy atom. The number of anilines is 1. The summed E-state index contributed by atoms with van der Waals surface area (Å²) in [6.07, 6.45) is 2.40. The van der Waals surface area contributed by atoms with E-state index in [9.17, 15) is 0 Å². The molecule has 2 aromatic carbocycles. The molecule has 1 aliphatic heterocycles. The van der Waals surface area contributed by atoms with Crippen LogP contribution >= 0.6 is 0 Å². The first kappa shape index (κ1) is 20.7.